The molecular formula is C18H26FN3O2. The third-order valence-corrected chi connectivity index (χ3v) is 4.47. The topological polar surface area (TPSA) is 52.7 Å². The first kappa shape index (κ1) is 18.4. The molecule has 2 rings (SSSR count). The smallest absolute Gasteiger partial charge is 0.224 e. The van der Waals surface area contributed by atoms with Crippen molar-refractivity contribution in [3.8, 4) is 0 Å². The van der Waals surface area contributed by atoms with Crippen LogP contribution >= 0.6 is 0 Å². The molecule has 1 aliphatic rings. The summed E-state index contributed by atoms with van der Waals surface area (Å²) in [5, 5.41) is 2.94. The van der Waals surface area contributed by atoms with Gasteiger partial charge in [0, 0.05) is 26.6 Å². The molecule has 132 valence electrons. The molecule has 0 aliphatic carbocycles. The minimum Gasteiger partial charge on any atom is -0.355 e. The number of likely N-dealkylation sites (tertiary alicyclic amines) is 1. The Kier molecular flexibility index (Phi) is 6.31. The SMILES string of the molecule is CC(=O)N1CC(C(=O)NCCN(C)C)CCC1c1ccc(F)cc1. The molecule has 0 radical (unpaired) electrons. The van der Waals surface area contributed by atoms with Gasteiger partial charge in [0.2, 0.25) is 11.8 Å². The molecule has 6 heteroatoms. The van der Waals surface area contributed by atoms with Gasteiger partial charge in [-0.15, -0.1) is 0 Å². The zero-order valence-electron chi connectivity index (χ0n) is 14.6. The first-order chi connectivity index (χ1) is 11.4. The molecule has 0 bridgehead atoms. The average molecular weight is 335 g/mol. The lowest BCUT2D eigenvalue weighted by Gasteiger charge is -2.39. The molecule has 2 unspecified atom stereocenters. The summed E-state index contributed by atoms with van der Waals surface area (Å²) in [5.74, 6) is -0.536. The van der Waals surface area contributed by atoms with Crippen LogP contribution in [-0.4, -0.2) is 55.3 Å². The maximum Gasteiger partial charge on any atom is 0.224 e. The van der Waals surface area contributed by atoms with Gasteiger partial charge in [-0.25, -0.2) is 4.39 Å². The fourth-order valence-corrected chi connectivity index (χ4v) is 3.11. The van der Waals surface area contributed by atoms with Gasteiger partial charge in [0.05, 0.1) is 12.0 Å². The molecule has 0 saturated carbocycles. The Morgan fingerprint density at radius 3 is 2.50 bits per heavy atom. The maximum absolute atomic E-state index is 13.1. The summed E-state index contributed by atoms with van der Waals surface area (Å²) in [6, 6.07) is 6.16. The number of rotatable bonds is 5. The first-order valence-electron chi connectivity index (χ1n) is 8.33. The summed E-state index contributed by atoms with van der Waals surface area (Å²) in [6.07, 6.45) is 1.43. The van der Waals surface area contributed by atoms with Crippen molar-refractivity contribution < 1.29 is 14.0 Å². The van der Waals surface area contributed by atoms with E-state index in [0.717, 1.165) is 18.5 Å². The van der Waals surface area contributed by atoms with E-state index < -0.39 is 0 Å². The molecule has 2 amide bonds. The molecule has 0 aromatic heterocycles. The van der Waals surface area contributed by atoms with Crippen LogP contribution in [0.15, 0.2) is 24.3 Å². The van der Waals surface area contributed by atoms with Crippen molar-refractivity contribution in [2.75, 3.05) is 33.7 Å². The van der Waals surface area contributed by atoms with E-state index >= 15 is 0 Å². The molecule has 1 aliphatic heterocycles. The largest absolute Gasteiger partial charge is 0.355 e. The lowest BCUT2D eigenvalue weighted by atomic mass is 9.88. The van der Waals surface area contributed by atoms with E-state index in [1.807, 2.05) is 19.0 Å². The summed E-state index contributed by atoms with van der Waals surface area (Å²) in [7, 11) is 3.91. The van der Waals surface area contributed by atoms with Crippen LogP contribution < -0.4 is 5.32 Å². The highest BCUT2D eigenvalue weighted by atomic mass is 19.1. The zero-order valence-corrected chi connectivity index (χ0v) is 14.6. The number of hydrogen-bond acceptors (Lipinski definition) is 3. The van der Waals surface area contributed by atoms with Crippen molar-refractivity contribution in [3.05, 3.63) is 35.6 Å². The number of halogens is 1. The summed E-state index contributed by atoms with van der Waals surface area (Å²) in [6.45, 7) is 3.31. The Morgan fingerprint density at radius 1 is 1.25 bits per heavy atom. The first-order valence-corrected chi connectivity index (χ1v) is 8.33. The molecule has 1 saturated heterocycles. The molecule has 0 spiro atoms. The van der Waals surface area contributed by atoms with Crippen LogP contribution in [0.3, 0.4) is 0 Å². The van der Waals surface area contributed by atoms with Gasteiger partial charge in [-0.3, -0.25) is 9.59 Å². The van der Waals surface area contributed by atoms with Crippen molar-refractivity contribution in [3.63, 3.8) is 0 Å². The van der Waals surface area contributed by atoms with Crippen LogP contribution in [0, 0.1) is 11.7 Å². The van der Waals surface area contributed by atoms with Gasteiger partial charge in [-0.05, 0) is 44.6 Å². The number of benzene rings is 1. The van der Waals surface area contributed by atoms with Gasteiger partial charge < -0.3 is 15.1 Å². The van der Waals surface area contributed by atoms with E-state index in [2.05, 4.69) is 5.32 Å². The van der Waals surface area contributed by atoms with Gasteiger partial charge >= 0.3 is 0 Å². The monoisotopic (exact) mass is 335 g/mol. The van der Waals surface area contributed by atoms with Crippen LogP contribution in [0.2, 0.25) is 0 Å². The Bertz CT molecular complexity index is 574. The molecule has 1 aromatic rings. The van der Waals surface area contributed by atoms with Crippen molar-refractivity contribution in [1.82, 2.24) is 15.1 Å². The van der Waals surface area contributed by atoms with Crippen LogP contribution in [-0.2, 0) is 9.59 Å². The molecule has 1 N–H and O–H groups in total. The fourth-order valence-electron chi connectivity index (χ4n) is 3.11. The molecule has 1 heterocycles. The summed E-state index contributed by atoms with van der Waals surface area (Å²) in [4.78, 5) is 28.1. The highest BCUT2D eigenvalue weighted by Gasteiger charge is 2.34. The van der Waals surface area contributed by atoms with E-state index in [1.54, 1.807) is 17.0 Å². The molecule has 1 aromatic carbocycles. The number of carbonyl (C=O) groups excluding carboxylic acids is 2. The van der Waals surface area contributed by atoms with Gasteiger partial charge in [0.1, 0.15) is 5.82 Å². The molecule has 2 atom stereocenters. The van der Waals surface area contributed by atoms with Gasteiger partial charge in [-0.2, -0.15) is 0 Å². The molecule has 5 nitrogen and oxygen atoms in total. The normalized spacial score (nSPS) is 21.0. The van der Waals surface area contributed by atoms with Crippen molar-refractivity contribution in [1.29, 1.82) is 0 Å². The van der Waals surface area contributed by atoms with E-state index in [-0.39, 0.29) is 29.6 Å². The van der Waals surface area contributed by atoms with E-state index in [1.165, 1.54) is 19.1 Å². The Morgan fingerprint density at radius 2 is 1.92 bits per heavy atom. The molecule has 24 heavy (non-hydrogen) atoms. The van der Waals surface area contributed by atoms with E-state index in [9.17, 15) is 14.0 Å². The Balaban J connectivity index is 2.01. The third-order valence-electron chi connectivity index (χ3n) is 4.47. The predicted octanol–water partition coefficient (Wildman–Crippen LogP) is 1.80. The van der Waals surface area contributed by atoms with Gasteiger partial charge in [0.25, 0.3) is 0 Å². The predicted molar refractivity (Wildman–Crippen MR) is 90.8 cm³/mol. The van der Waals surface area contributed by atoms with Crippen LogP contribution in [0.4, 0.5) is 4.39 Å². The summed E-state index contributed by atoms with van der Waals surface area (Å²) < 4.78 is 13.1. The number of piperidine rings is 1. The zero-order chi connectivity index (χ0) is 17.7. The average Bonchev–Trinajstić information content (AvgIpc) is 2.54. The number of likely N-dealkylation sites (N-methyl/N-ethyl adjacent to an activating group) is 1. The minimum atomic E-state index is -0.290. The number of nitrogens with zero attached hydrogens (tertiary/aromatic N) is 2. The number of nitrogens with one attached hydrogen (secondary N) is 1. The van der Waals surface area contributed by atoms with Crippen molar-refractivity contribution >= 4 is 11.8 Å². The molecule has 1 fully saturated rings. The lowest BCUT2D eigenvalue weighted by Crippen LogP contribution is -2.47. The molecular weight excluding hydrogens is 309 g/mol. The standard InChI is InChI=1S/C18H26FN3O2/c1-13(23)22-12-15(18(24)20-10-11-21(2)3)6-9-17(22)14-4-7-16(19)8-5-14/h4-5,7-8,15,17H,6,9-12H2,1-3H3,(H,20,24). The van der Waals surface area contributed by atoms with Crippen LogP contribution in [0.25, 0.3) is 0 Å². The third kappa shape index (κ3) is 4.77. The maximum atomic E-state index is 13.1. The minimum absolute atomic E-state index is 0.000608. The number of amides is 2. The van der Waals surface area contributed by atoms with Crippen LogP contribution in [0.1, 0.15) is 31.4 Å². The second-order valence-corrected chi connectivity index (χ2v) is 6.61. The number of hydrogen-bond donors (Lipinski definition) is 1. The van der Waals surface area contributed by atoms with Crippen molar-refractivity contribution in [2.24, 2.45) is 5.92 Å². The van der Waals surface area contributed by atoms with E-state index in [4.69, 9.17) is 0 Å². The lowest BCUT2D eigenvalue weighted by molar-refractivity contribution is -0.137. The van der Waals surface area contributed by atoms with Gasteiger partial charge in [0.15, 0.2) is 0 Å². The van der Waals surface area contributed by atoms with Crippen LogP contribution in [0.5, 0.6) is 0 Å². The highest BCUT2D eigenvalue weighted by Crippen LogP contribution is 2.33. The van der Waals surface area contributed by atoms with Gasteiger partial charge in [-0.1, -0.05) is 12.1 Å². The second kappa shape index (κ2) is 8.24. The summed E-state index contributed by atoms with van der Waals surface area (Å²) in [5.41, 5.74) is 0.915. The van der Waals surface area contributed by atoms with E-state index in [0.29, 0.717) is 19.5 Å². The quantitative estimate of drug-likeness (QED) is 0.893. The van der Waals surface area contributed by atoms with Crippen molar-refractivity contribution in [2.45, 2.75) is 25.8 Å². The Labute approximate surface area is 142 Å². The highest BCUT2D eigenvalue weighted by molar-refractivity contribution is 5.81. The fraction of sp³-hybridized carbons (Fsp3) is 0.556. The second-order valence-electron chi connectivity index (χ2n) is 6.61. The number of carbonyl (C=O) groups is 2. The Hall–Kier alpha value is -1.95. The summed E-state index contributed by atoms with van der Waals surface area (Å²) >= 11 is 0.